The number of carbonyl (C=O) groups excluding carboxylic acids is 2. The van der Waals surface area contributed by atoms with E-state index in [9.17, 15) is 14.0 Å². The van der Waals surface area contributed by atoms with Crippen molar-refractivity contribution in [3.05, 3.63) is 65.5 Å². The van der Waals surface area contributed by atoms with Gasteiger partial charge in [-0.05, 0) is 36.2 Å². The number of para-hydroxylation sites is 1. The van der Waals surface area contributed by atoms with E-state index >= 15 is 0 Å². The van der Waals surface area contributed by atoms with Crippen LogP contribution >= 0.6 is 0 Å². The molecule has 0 unspecified atom stereocenters. The summed E-state index contributed by atoms with van der Waals surface area (Å²) < 4.78 is 17.5. The summed E-state index contributed by atoms with van der Waals surface area (Å²) in [6.07, 6.45) is 0.730. The number of benzene rings is 2. The topological polar surface area (TPSA) is 55.4 Å². The molecule has 22 heavy (non-hydrogen) atoms. The number of halogens is 1. The maximum atomic E-state index is 12.8. The van der Waals surface area contributed by atoms with E-state index in [4.69, 9.17) is 0 Å². The van der Waals surface area contributed by atoms with Crippen molar-refractivity contribution >= 4 is 17.6 Å². The Labute approximate surface area is 127 Å². The van der Waals surface area contributed by atoms with E-state index in [0.29, 0.717) is 17.7 Å². The number of hydrogen-bond donors (Lipinski definition) is 1. The highest BCUT2D eigenvalue weighted by atomic mass is 19.1. The zero-order chi connectivity index (χ0) is 15.9. The summed E-state index contributed by atoms with van der Waals surface area (Å²) in [6, 6.07) is 12.7. The summed E-state index contributed by atoms with van der Waals surface area (Å²) in [5.41, 5.74) is 1.59. The molecule has 0 saturated carbocycles. The number of rotatable bonds is 5. The number of carbonyl (C=O) groups is 2. The molecule has 2 rings (SSSR count). The maximum Gasteiger partial charge on any atom is 0.339 e. The molecule has 4 nitrogen and oxygen atoms in total. The van der Waals surface area contributed by atoms with Gasteiger partial charge in [-0.25, -0.2) is 9.18 Å². The molecule has 0 atom stereocenters. The molecule has 0 radical (unpaired) electrons. The van der Waals surface area contributed by atoms with E-state index in [0.717, 1.165) is 5.56 Å². The van der Waals surface area contributed by atoms with E-state index in [1.807, 2.05) is 0 Å². The second-order valence-corrected chi connectivity index (χ2v) is 4.71. The van der Waals surface area contributed by atoms with Gasteiger partial charge in [-0.2, -0.15) is 0 Å². The number of nitrogens with one attached hydrogen (secondary N) is 1. The Morgan fingerprint density at radius 2 is 1.77 bits per heavy atom. The molecule has 2 aromatic carbocycles. The Hall–Kier alpha value is -2.69. The van der Waals surface area contributed by atoms with Crippen molar-refractivity contribution in [1.82, 2.24) is 0 Å². The summed E-state index contributed by atoms with van der Waals surface area (Å²) >= 11 is 0. The van der Waals surface area contributed by atoms with Crippen molar-refractivity contribution in [2.75, 3.05) is 12.4 Å². The summed E-state index contributed by atoms with van der Waals surface area (Å²) in [4.78, 5) is 23.6. The average Bonchev–Trinajstić information content (AvgIpc) is 2.54. The molecule has 0 spiro atoms. The van der Waals surface area contributed by atoms with Gasteiger partial charge < -0.3 is 10.1 Å². The fourth-order valence-electron chi connectivity index (χ4n) is 2.00. The third-order valence-electron chi connectivity index (χ3n) is 3.16. The number of hydrogen-bond acceptors (Lipinski definition) is 3. The zero-order valence-electron chi connectivity index (χ0n) is 12.1. The molecule has 0 aromatic heterocycles. The lowest BCUT2D eigenvalue weighted by Crippen LogP contribution is -2.15. The second-order valence-electron chi connectivity index (χ2n) is 4.71. The number of methoxy groups -OCH3 is 1. The van der Waals surface area contributed by atoms with Crippen LogP contribution in [0.15, 0.2) is 48.5 Å². The Balaban J connectivity index is 1.97. The standard InChI is InChI=1S/C17H16FNO3/c1-22-17(21)14-4-2-3-5-15(14)19-16(20)11-8-12-6-9-13(18)10-7-12/h2-7,9-10H,8,11H2,1H3,(H,19,20). The van der Waals surface area contributed by atoms with Crippen LogP contribution in [0.5, 0.6) is 0 Å². The van der Waals surface area contributed by atoms with Gasteiger partial charge in [0, 0.05) is 6.42 Å². The lowest BCUT2D eigenvalue weighted by atomic mass is 10.1. The average molecular weight is 301 g/mol. The first-order valence-electron chi connectivity index (χ1n) is 6.82. The Bertz CT molecular complexity index is 668. The maximum absolute atomic E-state index is 12.8. The minimum Gasteiger partial charge on any atom is -0.465 e. The van der Waals surface area contributed by atoms with E-state index in [1.54, 1.807) is 36.4 Å². The smallest absolute Gasteiger partial charge is 0.339 e. The van der Waals surface area contributed by atoms with E-state index in [-0.39, 0.29) is 18.1 Å². The van der Waals surface area contributed by atoms with Crippen LogP contribution in [0.3, 0.4) is 0 Å². The van der Waals surface area contributed by atoms with Gasteiger partial charge in [0.15, 0.2) is 0 Å². The van der Waals surface area contributed by atoms with Crippen LogP contribution in [0.2, 0.25) is 0 Å². The van der Waals surface area contributed by atoms with Crippen molar-refractivity contribution < 1.29 is 18.7 Å². The Morgan fingerprint density at radius 1 is 1.09 bits per heavy atom. The van der Waals surface area contributed by atoms with Crippen molar-refractivity contribution in [3.63, 3.8) is 0 Å². The van der Waals surface area contributed by atoms with Crippen molar-refractivity contribution in [2.45, 2.75) is 12.8 Å². The third-order valence-corrected chi connectivity index (χ3v) is 3.16. The molecule has 0 saturated heterocycles. The summed E-state index contributed by atoms with van der Waals surface area (Å²) in [6.45, 7) is 0. The molecular formula is C17H16FNO3. The molecule has 0 aliphatic carbocycles. The molecular weight excluding hydrogens is 285 g/mol. The molecule has 2 aromatic rings. The number of amides is 1. The minimum atomic E-state index is -0.505. The summed E-state index contributed by atoms with van der Waals surface area (Å²) in [5, 5.41) is 2.69. The first kappa shape index (κ1) is 15.7. The molecule has 0 heterocycles. The lowest BCUT2D eigenvalue weighted by Gasteiger charge is -2.09. The summed E-state index contributed by atoms with van der Waals surface area (Å²) in [5.74, 6) is -1.03. The first-order valence-corrected chi connectivity index (χ1v) is 6.82. The van der Waals surface area contributed by atoms with E-state index in [2.05, 4.69) is 10.1 Å². The number of esters is 1. The van der Waals surface area contributed by atoms with Crippen LogP contribution in [0, 0.1) is 5.82 Å². The quantitative estimate of drug-likeness (QED) is 0.863. The zero-order valence-corrected chi connectivity index (χ0v) is 12.1. The van der Waals surface area contributed by atoms with Gasteiger partial charge >= 0.3 is 5.97 Å². The van der Waals surface area contributed by atoms with Crippen LogP contribution in [-0.4, -0.2) is 19.0 Å². The van der Waals surface area contributed by atoms with Crippen LogP contribution in [0.4, 0.5) is 10.1 Å². The SMILES string of the molecule is COC(=O)c1ccccc1NC(=O)CCc1ccc(F)cc1. The molecule has 0 fully saturated rings. The van der Waals surface area contributed by atoms with Crippen molar-refractivity contribution in [2.24, 2.45) is 0 Å². The van der Waals surface area contributed by atoms with Gasteiger partial charge in [-0.15, -0.1) is 0 Å². The van der Waals surface area contributed by atoms with Gasteiger partial charge in [-0.1, -0.05) is 24.3 Å². The molecule has 1 amide bonds. The lowest BCUT2D eigenvalue weighted by molar-refractivity contribution is -0.116. The summed E-state index contributed by atoms with van der Waals surface area (Å²) in [7, 11) is 1.29. The largest absolute Gasteiger partial charge is 0.465 e. The van der Waals surface area contributed by atoms with Gasteiger partial charge in [0.1, 0.15) is 5.82 Å². The highest BCUT2D eigenvalue weighted by Crippen LogP contribution is 2.16. The van der Waals surface area contributed by atoms with Crippen LogP contribution in [-0.2, 0) is 16.0 Å². The van der Waals surface area contributed by atoms with Crippen LogP contribution < -0.4 is 5.32 Å². The van der Waals surface area contributed by atoms with Crippen molar-refractivity contribution in [3.8, 4) is 0 Å². The molecule has 0 bridgehead atoms. The Kier molecular flexibility index (Phi) is 5.25. The van der Waals surface area contributed by atoms with Gasteiger partial charge in [0.05, 0.1) is 18.4 Å². The predicted molar refractivity (Wildman–Crippen MR) is 81.1 cm³/mol. The van der Waals surface area contributed by atoms with Crippen LogP contribution in [0.1, 0.15) is 22.3 Å². The van der Waals surface area contributed by atoms with E-state index < -0.39 is 5.97 Å². The van der Waals surface area contributed by atoms with Crippen LogP contribution in [0.25, 0.3) is 0 Å². The molecule has 0 aliphatic heterocycles. The molecule has 114 valence electrons. The fraction of sp³-hybridized carbons (Fsp3) is 0.176. The first-order chi connectivity index (χ1) is 10.6. The van der Waals surface area contributed by atoms with Gasteiger partial charge in [0.2, 0.25) is 5.91 Å². The number of aryl methyl sites for hydroxylation is 1. The highest BCUT2D eigenvalue weighted by Gasteiger charge is 2.13. The second kappa shape index (κ2) is 7.36. The molecule has 1 N–H and O–H groups in total. The van der Waals surface area contributed by atoms with Crippen molar-refractivity contribution in [1.29, 1.82) is 0 Å². The molecule has 5 heteroatoms. The van der Waals surface area contributed by atoms with E-state index in [1.165, 1.54) is 19.2 Å². The Morgan fingerprint density at radius 3 is 2.45 bits per heavy atom. The highest BCUT2D eigenvalue weighted by molar-refractivity contribution is 6.01. The fourth-order valence-corrected chi connectivity index (χ4v) is 2.00. The number of ether oxygens (including phenoxy) is 1. The predicted octanol–water partition coefficient (Wildman–Crippen LogP) is 3.18. The van der Waals surface area contributed by atoms with Gasteiger partial charge in [0.25, 0.3) is 0 Å². The normalized spacial score (nSPS) is 10.1. The molecule has 0 aliphatic rings. The minimum absolute atomic E-state index is 0.222. The van der Waals surface area contributed by atoms with Gasteiger partial charge in [-0.3, -0.25) is 4.79 Å². The monoisotopic (exact) mass is 301 g/mol. The third kappa shape index (κ3) is 4.15. The number of anilines is 1.